The van der Waals surface area contributed by atoms with E-state index < -0.39 is 5.41 Å². The molecule has 45 heavy (non-hydrogen) atoms. The van der Waals surface area contributed by atoms with E-state index >= 15 is 0 Å². The van der Waals surface area contributed by atoms with Crippen LogP contribution < -0.4 is 4.74 Å². The molecule has 2 aliphatic carbocycles. The second-order valence-corrected chi connectivity index (χ2v) is 14.9. The zero-order valence-corrected chi connectivity index (χ0v) is 29.9. The van der Waals surface area contributed by atoms with Gasteiger partial charge in [-0.25, -0.2) is 0 Å². The molecule has 1 heteroatoms. The third kappa shape index (κ3) is 3.45. The molecule has 1 nitrogen and oxygen atoms in total. The summed E-state index contributed by atoms with van der Waals surface area (Å²) in [6, 6.07) is 4.73. The monoisotopic (exact) mass is 592 g/mol. The minimum Gasteiger partial charge on any atom is -0.465 e. The van der Waals surface area contributed by atoms with Crippen molar-refractivity contribution in [2.45, 2.75) is 108 Å². The summed E-state index contributed by atoms with van der Waals surface area (Å²) in [6.45, 7) is 32.8. The highest BCUT2D eigenvalue weighted by atomic mass is 16.5. The maximum Gasteiger partial charge on any atom is 0.135 e. The van der Waals surface area contributed by atoms with Gasteiger partial charge in [0.1, 0.15) is 5.75 Å². The minimum absolute atomic E-state index is 0.115. The molecule has 1 spiro atoms. The van der Waals surface area contributed by atoms with Crippen LogP contribution in [0.15, 0.2) is 30.5 Å². The van der Waals surface area contributed by atoms with Gasteiger partial charge in [0.25, 0.3) is 0 Å². The van der Waals surface area contributed by atoms with Crippen molar-refractivity contribution < 1.29 is 4.74 Å². The van der Waals surface area contributed by atoms with E-state index in [1.54, 1.807) is 0 Å². The van der Waals surface area contributed by atoms with Crippen LogP contribution in [-0.2, 0) is 10.8 Å². The molecule has 7 rings (SSSR count). The van der Waals surface area contributed by atoms with E-state index in [4.69, 9.17) is 4.74 Å². The van der Waals surface area contributed by atoms with Crippen molar-refractivity contribution in [1.29, 1.82) is 0 Å². The molecule has 4 aromatic rings. The van der Waals surface area contributed by atoms with Crippen LogP contribution in [0.3, 0.4) is 0 Å². The Balaban J connectivity index is 1.87. The van der Waals surface area contributed by atoms with Crippen molar-refractivity contribution >= 4 is 6.08 Å². The topological polar surface area (TPSA) is 9.23 Å². The molecule has 0 unspecified atom stereocenters. The van der Waals surface area contributed by atoms with Gasteiger partial charge in [-0.15, -0.1) is 0 Å². The maximum absolute atomic E-state index is 6.69. The Morgan fingerprint density at radius 2 is 0.867 bits per heavy atom. The fourth-order valence-corrected chi connectivity index (χ4v) is 9.24. The Hall–Kier alpha value is -3.84. The summed E-state index contributed by atoms with van der Waals surface area (Å²) in [5.74, 6) is 1.03. The number of fused-ring (bicyclic) bond motifs is 11. The quantitative estimate of drug-likeness (QED) is 0.197. The predicted octanol–water partition coefficient (Wildman–Crippen LogP) is 11.6. The van der Waals surface area contributed by atoms with E-state index in [0.29, 0.717) is 0 Å². The Morgan fingerprint density at radius 1 is 0.444 bits per heavy atom. The molecule has 0 N–H and O–H groups in total. The van der Waals surface area contributed by atoms with Crippen LogP contribution in [0.25, 0.3) is 28.3 Å². The van der Waals surface area contributed by atoms with Crippen LogP contribution >= 0.6 is 0 Å². The standard InChI is InChI=1S/C44H48O/c1-21-22(2)28(8)36-35(27(21)7)37-29(9)23(3)25(5)31(11)39(37)44(40-32(12)26(6)24(4)30(10)38(36)40)19-20-45-42-34(44)16-15-33-17-18-43(13,14)41(33)42/h15-20H,1-14H3. The largest absolute Gasteiger partial charge is 0.465 e. The average Bonchev–Trinajstić information content (AvgIpc) is 3.27. The summed E-state index contributed by atoms with van der Waals surface area (Å²) in [5.41, 5.74) is 28.4. The first kappa shape index (κ1) is 29.8. The molecule has 0 aromatic heterocycles. The lowest BCUT2D eigenvalue weighted by Gasteiger charge is -2.42. The SMILES string of the molecule is Cc1c(C)c(C)c2c(c1C)-c1c(C)c(C)c(C)c(C)c1C1(C=COc3c1ccc1c3C(C)(C)C=C1)c1c(C)c(C)c(C)c(C)c1-2. The second-order valence-electron chi connectivity index (χ2n) is 14.9. The summed E-state index contributed by atoms with van der Waals surface area (Å²) >= 11 is 0. The molecule has 0 saturated heterocycles. The highest BCUT2D eigenvalue weighted by Gasteiger charge is 2.49. The molecule has 4 aromatic carbocycles. The highest BCUT2D eigenvalue weighted by molar-refractivity contribution is 6.00. The molecule has 0 radical (unpaired) electrons. The van der Waals surface area contributed by atoms with E-state index in [-0.39, 0.29) is 5.41 Å². The van der Waals surface area contributed by atoms with E-state index in [1.165, 1.54) is 117 Å². The third-order valence-electron chi connectivity index (χ3n) is 12.8. The first-order chi connectivity index (χ1) is 21.1. The van der Waals surface area contributed by atoms with Crippen LogP contribution in [-0.4, -0.2) is 0 Å². The molecule has 230 valence electrons. The van der Waals surface area contributed by atoms with Gasteiger partial charge < -0.3 is 4.74 Å². The molecular weight excluding hydrogens is 544 g/mol. The molecule has 1 aliphatic heterocycles. The van der Waals surface area contributed by atoms with Crippen LogP contribution in [0, 0.1) is 83.1 Å². The van der Waals surface area contributed by atoms with Gasteiger partial charge in [0, 0.05) is 16.5 Å². The van der Waals surface area contributed by atoms with E-state index in [1.807, 2.05) is 6.26 Å². The number of allylic oxidation sites excluding steroid dienone is 2. The number of rotatable bonds is 0. The summed E-state index contributed by atoms with van der Waals surface area (Å²) in [5, 5.41) is 0. The lowest BCUT2D eigenvalue weighted by Crippen LogP contribution is -2.34. The molecule has 0 atom stereocenters. The molecule has 0 bridgehead atoms. The first-order valence-electron chi connectivity index (χ1n) is 16.6. The normalized spacial score (nSPS) is 16.1. The summed E-state index contributed by atoms with van der Waals surface area (Å²) in [6.07, 6.45) is 9.04. The molecular formula is C44H48O. The third-order valence-corrected chi connectivity index (χ3v) is 12.8. The Labute approximate surface area is 271 Å². The van der Waals surface area contributed by atoms with Gasteiger partial charge >= 0.3 is 0 Å². The lowest BCUT2D eigenvalue weighted by molar-refractivity contribution is 0.429. The summed E-state index contributed by atoms with van der Waals surface area (Å²) in [7, 11) is 0. The molecule has 1 heterocycles. The lowest BCUT2D eigenvalue weighted by atomic mass is 9.61. The summed E-state index contributed by atoms with van der Waals surface area (Å²) in [4.78, 5) is 0. The van der Waals surface area contributed by atoms with Crippen molar-refractivity contribution in [3.63, 3.8) is 0 Å². The van der Waals surface area contributed by atoms with E-state index in [0.717, 1.165) is 5.75 Å². The van der Waals surface area contributed by atoms with Gasteiger partial charge in [-0.1, -0.05) is 38.1 Å². The van der Waals surface area contributed by atoms with Crippen LogP contribution in [0.5, 0.6) is 5.75 Å². The van der Waals surface area contributed by atoms with Gasteiger partial charge in [-0.2, -0.15) is 0 Å². The van der Waals surface area contributed by atoms with Gasteiger partial charge in [0.15, 0.2) is 0 Å². The predicted molar refractivity (Wildman–Crippen MR) is 192 cm³/mol. The van der Waals surface area contributed by atoms with Crippen molar-refractivity contribution in [2.75, 3.05) is 0 Å². The smallest absolute Gasteiger partial charge is 0.135 e. The molecule has 0 fully saturated rings. The molecule has 0 saturated carbocycles. The minimum atomic E-state index is -0.535. The maximum atomic E-state index is 6.69. The Bertz CT molecular complexity index is 2000. The Kier molecular flexibility index (Phi) is 6.20. The molecule has 3 aliphatic rings. The number of benzene rings is 4. The van der Waals surface area contributed by atoms with Gasteiger partial charge in [-0.3, -0.25) is 0 Å². The molecule has 0 amide bonds. The van der Waals surface area contributed by atoms with Crippen molar-refractivity contribution in [1.82, 2.24) is 0 Å². The van der Waals surface area contributed by atoms with E-state index in [9.17, 15) is 0 Å². The number of hydrogen-bond acceptors (Lipinski definition) is 1. The van der Waals surface area contributed by atoms with Crippen molar-refractivity contribution in [2.24, 2.45) is 0 Å². The van der Waals surface area contributed by atoms with Gasteiger partial charge in [0.2, 0.25) is 0 Å². The number of ether oxygens (including phenoxy) is 1. The second kappa shape index (κ2) is 9.35. The fraction of sp³-hybridized carbons (Fsp3) is 0.364. The van der Waals surface area contributed by atoms with E-state index in [2.05, 4.69) is 127 Å². The fourth-order valence-electron chi connectivity index (χ4n) is 9.24. The van der Waals surface area contributed by atoms with Crippen LogP contribution in [0.1, 0.15) is 108 Å². The van der Waals surface area contributed by atoms with Crippen molar-refractivity contribution in [3.05, 3.63) is 125 Å². The Morgan fingerprint density at radius 3 is 1.33 bits per heavy atom. The highest BCUT2D eigenvalue weighted by Crippen LogP contribution is 2.62. The van der Waals surface area contributed by atoms with Gasteiger partial charge in [0.05, 0.1) is 11.7 Å². The first-order valence-corrected chi connectivity index (χ1v) is 16.6. The summed E-state index contributed by atoms with van der Waals surface area (Å²) < 4.78 is 6.69. The number of hydrogen-bond donors (Lipinski definition) is 0. The van der Waals surface area contributed by atoms with Crippen LogP contribution in [0.4, 0.5) is 0 Å². The van der Waals surface area contributed by atoms with Crippen molar-refractivity contribution in [3.8, 4) is 28.0 Å². The zero-order valence-electron chi connectivity index (χ0n) is 29.9. The zero-order chi connectivity index (χ0) is 32.7. The average molecular weight is 593 g/mol. The van der Waals surface area contributed by atoms with Gasteiger partial charge in [-0.05, 0) is 195 Å². The van der Waals surface area contributed by atoms with Crippen LogP contribution in [0.2, 0.25) is 0 Å².